The van der Waals surface area contributed by atoms with Gasteiger partial charge in [0.1, 0.15) is 0 Å². The molecule has 4 N–H and O–H groups in total. The topological polar surface area (TPSA) is 52.0 Å². The second-order valence-electron chi connectivity index (χ2n) is 0.813. The van der Waals surface area contributed by atoms with Gasteiger partial charge in [0.2, 0.25) is 0 Å². The molecule has 0 spiro atoms. The van der Waals surface area contributed by atoms with Gasteiger partial charge in [-0.3, -0.25) is 0 Å². The molecule has 0 aliphatic heterocycles. The Balaban J connectivity index is 0. The van der Waals surface area contributed by atoms with Gasteiger partial charge in [-0.25, -0.2) is 0 Å². The van der Waals surface area contributed by atoms with Crippen LogP contribution in [0.15, 0.2) is 12.7 Å². The molecule has 0 heterocycles. The van der Waals surface area contributed by atoms with Gasteiger partial charge in [0.15, 0.2) is 0 Å². The van der Waals surface area contributed by atoms with Crippen LogP contribution in [0.5, 0.6) is 0 Å². The van der Waals surface area contributed by atoms with Gasteiger partial charge in [-0.2, -0.15) is 0 Å². The first-order valence-electron chi connectivity index (χ1n) is 1.41. The Bertz CT molecular complexity index is 35.8. The van der Waals surface area contributed by atoms with Crippen molar-refractivity contribution in [1.82, 2.24) is 0 Å². The Hall–Kier alpha value is 0.400. The molecular weight excluding hydrogens is 172 g/mol. The number of rotatable bonds is 1. The second kappa shape index (κ2) is 5.40. The summed E-state index contributed by atoms with van der Waals surface area (Å²) in [6.45, 7) is 3.31. The van der Waals surface area contributed by atoms with Gasteiger partial charge in [-0.15, -0.1) is 6.58 Å². The summed E-state index contributed by atoms with van der Waals surface area (Å²) >= 11 is 0. The average Bonchev–Trinajstić information content (AvgIpc) is 1.38. The molecule has 0 aliphatic rings. The van der Waals surface area contributed by atoms with Crippen LogP contribution in [0.1, 0.15) is 0 Å². The standard InChI is InChI=1S/C3H8N2.Ag/c1-2-3(4)5;/h2-3H,1,4-5H2;. The summed E-state index contributed by atoms with van der Waals surface area (Å²) in [7, 11) is 0. The van der Waals surface area contributed by atoms with Crippen molar-refractivity contribution >= 4 is 0 Å². The fraction of sp³-hybridized carbons (Fsp3) is 0.333. The first-order chi connectivity index (χ1) is 2.27. The Morgan fingerprint density at radius 3 is 1.67 bits per heavy atom. The van der Waals surface area contributed by atoms with E-state index in [1.165, 1.54) is 6.08 Å². The Kier molecular flexibility index (Phi) is 8.68. The third-order valence-corrected chi connectivity index (χ3v) is 0.272. The van der Waals surface area contributed by atoms with Crippen LogP contribution in [0, 0.1) is 0 Å². The number of nitrogens with two attached hydrogens (primary N) is 2. The van der Waals surface area contributed by atoms with Gasteiger partial charge >= 0.3 is 0 Å². The van der Waals surface area contributed by atoms with Crippen molar-refractivity contribution < 1.29 is 22.4 Å². The smallest absolute Gasteiger partial charge is 0.0710 e. The zero-order valence-electron chi connectivity index (χ0n) is 3.32. The van der Waals surface area contributed by atoms with Gasteiger partial charge in [0, 0.05) is 22.4 Å². The van der Waals surface area contributed by atoms with Crippen molar-refractivity contribution in [2.45, 2.75) is 6.17 Å². The molecule has 0 fully saturated rings. The van der Waals surface area contributed by atoms with E-state index in [0.717, 1.165) is 0 Å². The molecule has 0 aromatic rings. The molecule has 3 heteroatoms. The van der Waals surface area contributed by atoms with Crippen molar-refractivity contribution in [3.63, 3.8) is 0 Å². The normalized spacial score (nSPS) is 7.17. The molecule has 0 aromatic carbocycles. The Labute approximate surface area is 53.1 Å². The van der Waals surface area contributed by atoms with E-state index in [1.54, 1.807) is 0 Å². The molecule has 0 saturated heterocycles. The van der Waals surface area contributed by atoms with Gasteiger partial charge in [-0.1, -0.05) is 6.08 Å². The summed E-state index contributed by atoms with van der Waals surface area (Å²) in [4.78, 5) is 0. The minimum Gasteiger partial charge on any atom is -0.313 e. The Morgan fingerprint density at radius 1 is 1.50 bits per heavy atom. The third-order valence-electron chi connectivity index (χ3n) is 0.272. The maximum Gasteiger partial charge on any atom is 0.0710 e. The van der Waals surface area contributed by atoms with E-state index in [2.05, 4.69) is 6.58 Å². The van der Waals surface area contributed by atoms with Gasteiger partial charge in [-0.05, 0) is 0 Å². The maximum absolute atomic E-state index is 4.95. The van der Waals surface area contributed by atoms with Crippen LogP contribution in [0.2, 0.25) is 0 Å². The monoisotopic (exact) mass is 179 g/mol. The van der Waals surface area contributed by atoms with E-state index in [1.807, 2.05) is 0 Å². The quantitative estimate of drug-likeness (QED) is 0.322. The van der Waals surface area contributed by atoms with Crippen LogP contribution in [0.4, 0.5) is 0 Å². The summed E-state index contributed by atoms with van der Waals surface area (Å²) in [5.41, 5.74) is 9.90. The average molecular weight is 180 g/mol. The summed E-state index contributed by atoms with van der Waals surface area (Å²) in [6.07, 6.45) is 1.12. The van der Waals surface area contributed by atoms with E-state index < -0.39 is 0 Å². The molecule has 6 heavy (non-hydrogen) atoms. The van der Waals surface area contributed by atoms with Crippen LogP contribution >= 0.6 is 0 Å². The van der Waals surface area contributed by atoms with E-state index in [0.29, 0.717) is 0 Å². The molecule has 0 saturated carbocycles. The summed E-state index contributed by atoms with van der Waals surface area (Å²) in [5.74, 6) is 0. The molecule has 0 amide bonds. The van der Waals surface area contributed by atoms with E-state index in [4.69, 9.17) is 11.5 Å². The molecule has 0 atom stereocenters. The fourth-order valence-corrected chi connectivity index (χ4v) is 0. The molecule has 41 valence electrons. The van der Waals surface area contributed by atoms with Crippen molar-refractivity contribution in [3.05, 3.63) is 12.7 Å². The zero-order chi connectivity index (χ0) is 4.28. The Morgan fingerprint density at radius 2 is 1.67 bits per heavy atom. The first kappa shape index (κ1) is 9.64. The van der Waals surface area contributed by atoms with Gasteiger partial charge in [0.25, 0.3) is 0 Å². The largest absolute Gasteiger partial charge is 0.313 e. The van der Waals surface area contributed by atoms with E-state index in [9.17, 15) is 0 Å². The molecule has 1 radical (unpaired) electrons. The number of hydrogen-bond acceptors (Lipinski definition) is 2. The third kappa shape index (κ3) is 8.83. The van der Waals surface area contributed by atoms with Gasteiger partial charge < -0.3 is 11.5 Å². The predicted octanol–water partition coefficient (Wildman–Crippen LogP) is -0.587. The van der Waals surface area contributed by atoms with E-state index in [-0.39, 0.29) is 28.5 Å². The molecular formula is C3H8AgN2. The molecule has 0 unspecified atom stereocenters. The molecule has 2 nitrogen and oxygen atoms in total. The maximum atomic E-state index is 4.95. The van der Waals surface area contributed by atoms with Crippen LogP contribution in [0.25, 0.3) is 0 Å². The van der Waals surface area contributed by atoms with Crippen molar-refractivity contribution in [2.24, 2.45) is 11.5 Å². The van der Waals surface area contributed by atoms with E-state index >= 15 is 0 Å². The van der Waals surface area contributed by atoms with Crippen molar-refractivity contribution in [1.29, 1.82) is 0 Å². The predicted molar refractivity (Wildman–Crippen MR) is 22.4 cm³/mol. The van der Waals surface area contributed by atoms with Gasteiger partial charge in [0.05, 0.1) is 6.17 Å². The molecule has 0 aliphatic carbocycles. The SMILES string of the molecule is C=CC(N)N.[Ag]. The minimum atomic E-state index is -0.352. The van der Waals surface area contributed by atoms with Crippen LogP contribution < -0.4 is 11.5 Å². The van der Waals surface area contributed by atoms with Crippen molar-refractivity contribution in [2.75, 3.05) is 0 Å². The molecule has 0 bridgehead atoms. The molecule has 0 rings (SSSR count). The number of hydrogen-bond donors (Lipinski definition) is 2. The summed E-state index contributed by atoms with van der Waals surface area (Å²) < 4.78 is 0. The van der Waals surface area contributed by atoms with Crippen molar-refractivity contribution in [3.8, 4) is 0 Å². The van der Waals surface area contributed by atoms with Crippen LogP contribution in [-0.2, 0) is 22.4 Å². The first-order valence-corrected chi connectivity index (χ1v) is 1.41. The summed E-state index contributed by atoms with van der Waals surface area (Å²) in [5, 5.41) is 0. The fourth-order valence-electron chi connectivity index (χ4n) is 0. The zero-order valence-corrected chi connectivity index (χ0v) is 4.80. The minimum absolute atomic E-state index is 0. The van der Waals surface area contributed by atoms with Crippen LogP contribution in [0.3, 0.4) is 0 Å². The second-order valence-corrected chi connectivity index (χ2v) is 0.813. The summed E-state index contributed by atoms with van der Waals surface area (Å²) in [6, 6.07) is 0. The van der Waals surface area contributed by atoms with Crippen LogP contribution in [-0.4, -0.2) is 6.17 Å². The molecule has 0 aromatic heterocycles.